The van der Waals surface area contributed by atoms with Gasteiger partial charge < -0.3 is 10.1 Å². The highest BCUT2D eigenvalue weighted by Crippen LogP contribution is 2.18. The van der Waals surface area contributed by atoms with Crippen molar-refractivity contribution >= 4 is 27.5 Å². The van der Waals surface area contributed by atoms with Crippen molar-refractivity contribution in [3.8, 4) is 5.75 Å². The molecule has 1 amide bonds. The molecule has 0 saturated carbocycles. The lowest BCUT2D eigenvalue weighted by atomic mass is 10.1. The summed E-state index contributed by atoms with van der Waals surface area (Å²) in [6.45, 7) is 1.04. The first-order valence-electron chi connectivity index (χ1n) is 9.51. The molecule has 0 unspecified atom stereocenters. The van der Waals surface area contributed by atoms with E-state index in [2.05, 4.69) is 26.3 Å². The van der Waals surface area contributed by atoms with Crippen LogP contribution in [0.15, 0.2) is 95.7 Å². The summed E-state index contributed by atoms with van der Waals surface area (Å²) in [4.78, 5) is 12.7. The van der Waals surface area contributed by atoms with Gasteiger partial charge in [-0.25, -0.2) is 0 Å². The first kappa shape index (κ1) is 19.9. The lowest BCUT2D eigenvalue weighted by molar-refractivity contribution is 0.102. The second-order valence-corrected chi connectivity index (χ2v) is 7.72. The molecule has 0 aliphatic carbocycles. The molecular formula is C24H20BrN3O2. The van der Waals surface area contributed by atoms with E-state index >= 15 is 0 Å². The van der Waals surface area contributed by atoms with Crippen molar-refractivity contribution in [1.29, 1.82) is 0 Å². The first-order valence-corrected chi connectivity index (χ1v) is 10.3. The maximum absolute atomic E-state index is 12.7. The zero-order valence-corrected chi connectivity index (χ0v) is 17.7. The van der Waals surface area contributed by atoms with Crippen LogP contribution in [0.25, 0.3) is 0 Å². The summed E-state index contributed by atoms with van der Waals surface area (Å²) >= 11 is 3.41. The molecule has 4 aromatic rings. The lowest BCUT2D eigenvalue weighted by Crippen LogP contribution is -2.12. The number of ether oxygens (including phenoxy) is 1. The Morgan fingerprint density at radius 3 is 2.53 bits per heavy atom. The number of hydrogen-bond donors (Lipinski definition) is 1. The topological polar surface area (TPSA) is 56.2 Å². The minimum Gasteiger partial charge on any atom is -0.489 e. The van der Waals surface area contributed by atoms with E-state index < -0.39 is 0 Å². The number of nitrogens with zero attached hydrogens (tertiary/aromatic N) is 2. The van der Waals surface area contributed by atoms with Gasteiger partial charge in [-0.3, -0.25) is 9.48 Å². The van der Waals surface area contributed by atoms with Crippen molar-refractivity contribution in [2.45, 2.75) is 13.2 Å². The molecule has 5 nitrogen and oxygen atoms in total. The molecule has 0 spiro atoms. The summed E-state index contributed by atoms with van der Waals surface area (Å²) in [5, 5.41) is 7.23. The van der Waals surface area contributed by atoms with Crippen molar-refractivity contribution in [3.05, 3.63) is 112 Å². The fourth-order valence-corrected chi connectivity index (χ4v) is 3.25. The normalized spacial score (nSPS) is 10.6. The standard InChI is InChI=1S/C24H20BrN3O2/c25-21-9-11-23(12-10-21)30-17-19-7-4-8-20(13-19)24(29)27-22-14-26-28(16-22)15-18-5-2-1-3-6-18/h1-14,16H,15,17H2,(H,27,29). The Kier molecular flexibility index (Phi) is 6.25. The number of carbonyl (C=O) groups excluding carboxylic acids is 1. The number of hydrogen-bond acceptors (Lipinski definition) is 3. The van der Waals surface area contributed by atoms with Crippen LogP contribution in [0.3, 0.4) is 0 Å². The van der Waals surface area contributed by atoms with Gasteiger partial charge in [0.05, 0.1) is 18.4 Å². The predicted octanol–water partition coefficient (Wildman–Crippen LogP) is 5.53. The van der Waals surface area contributed by atoms with Crippen LogP contribution in [0.5, 0.6) is 5.75 Å². The SMILES string of the molecule is O=C(Nc1cnn(Cc2ccccc2)c1)c1cccc(COc2ccc(Br)cc2)c1. The van der Waals surface area contributed by atoms with Gasteiger partial charge in [0.15, 0.2) is 0 Å². The highest BCUT2D eigenvalue weighted by Gasteiger charge is 2.09. The molecular weight excluding hydrogens is 442 g/mol. The van der Waals surface area contributed by atoms with Crippen molar-refractivity contribution in [1.82, 2.24) is 9.78 Å². The monoisotopic (exact) mass is 461 g/mol. The van der Waals surface area contributed by atoms with Crippen LogP contribution in [0, 0.1) is 0 Å². The molecule has 4 rings (SSSR count). The Labute approximate surface area is 183 Å². The lowest BCUT2D eigenvalue weighted by Gasteiger charge is -2.08. The molecule has 3 aromatic carbocycles. The van der Waals surface area contributed by atoms with E-state index in [1.165, 1.54) is 0 Å². The van der Waals surface area contributed by atoms with Gasteiger partial charge in [-0.2, -0.15) is 5.10 Å². The van der Waals surface area contributed by atoms with E-state index in [1.807, 2.05) is 79.0 Å². The van der Waals surface area contributed by atoms with E-state index in [1.54, 1.807) is 16.9 Å². The van der Waals surface area contributed by atoms with Crippen LogP contribution in [0.4, 0.5) is 5.69 Å². The van der Waals surface area contributed by atoms with Gasteiger partial charge in [0, 0.05) is 16.2 Å². The fraction of sp³-hybridized carbons (Fsp3) is 0.0833. The average Bonchev–Trinajstić information content (AvgIpc) is 3.21. The predicted molar refractivity (Wildman–Crippen MR) is 121 cm³/mol. The minimum atomic E-state index is -0.181. The smallest absolute Gasteiger partial charge is 0.255 e. The van der Waals surface area contributed by atoms with Gasteiger partial charge in [0.25, 0.3) is 5.91 Å². The summed E-state index contributed by atoms with van der Waals surface area (Å²) in [6, 6.07) is 25.1. The van der Waals surface area contributed by atoms with Gasteiger partial charge in [0.1, 0.15) is 12.4 Å². The van der Waals surface area contributed by atoms with Crippen molar-refractivity contribution in [3.63, 3.8) is 0 Å². The summed E-state index contributed by atoms with van der Waals surface area (Å²) in [6.07, 6.45) is 3.48. The number of amides is 1. The zero-order chi connectivity index (χ0) is 20.8. The van der Waals surface area contributed by atoms with Crippen molar-refractivity contribution in [2.75, 3.05) is 5.32 Å². The average molecular weight is 462 g/mol. The molecule has 0 bridgehead atoms. The first-order chi connectivity index (χ1) is 14.7. The number of anilines is 1. The van der Waals surface area contributed by atoms with E-state index in [-0.39, 0.29) is 5.91 Å². The van der Waals surface area contributed by atoms with Crippen molar-refractivity contribution < 1.29 is 9.53 Å². The maximum atomic E-state index is 12.7. The Hall–Kier alpha value is -3.38. The van der Waals surface area contributed by atoms with E-state index in [0.717, 1.165) is 21.3 Å². The van der Waals surface area contributed by atoms with E-state index in [0.29, 0.717) is 24.4 Å². The van der Waals surface area contributed by atoms with Crippen molar-refractivity contribution in [2.24, 2.45) is 0 Å². The number of carbonyl (C=O) groups is 1. The molecule has 0 aliphatic heterocycles. The van der Waals surface area contributed by atoms with Gasteiger partial charge in [0.2, 0.25) is 0 Å². The van der Waals surface area contributed by atoms with Gasteiger partial charge in [-0.05, 0) is 47.5 Å². The molecule has 1 N–H and O–H groups in total. The zero-order valence-electron chi connectivity index (χ0n) is 16.2. The van der Waals surface area contributed by atoms with Crippen LogP contribution in [0.2, 0.25) is 0 Å². The van der Waals surface area contributed by atoms with Crippen LogP contribution in [-0.2, 0) is 13.2 Å². The fourth-order valence-electron chi connectivity index (χ4n) is 2.99. The summed E-state index contributed by atoms with van der Waals surface area (Å²) in [5.41, 5.74) is 3.30. The number of nitrogens with one attached hydrogen (secondary N) is 1. The summed E-state index contributed by atoms with van der Waals surface area (Å²) in [5.74, 6) is 0.596. The minimum absolute atomic E-state index is 0.181. The maximum Gasteiger partial charge on any atom is 0.255 e. The largest absolute Gasteiger partial charge is 0.489 e. The molecule has 0 atom stereocenters. The highest BCUT2D eigenvalue weighted by atomic mass is 79.9. The third kappa shape index (κ3) is 5.36. The van der Waals surface area contributed by atoms with Crippen LogP contribution >= 0.6 is 15.9 Å². The number of halogens is 1. The third-order valence-corrected chi connectivity index (χ3v) is 5.02. The molecule has 0 saturated heterocycles. The molecule has 0 fully saturated rings. The summed E-state index contributed by atoms with van der Waals surface area (Å²) < 4.78 is 8.59. The van der Waals surface area contributed by atoms with E-state index in [9.17, 15) is 4.79 Å². The molecule has 0 radical (unpaired) electrons. The molecule has 150 valence electrons. The Morgan fingerprint density at radius 2 is 1.73 bits per heavy atom. The molecule has 1 heterocycles. The Bertz CT molecular complexity index is 1120. The molecule has 1 aromatic heterocycles. The quantitative estimate of drug-likeness (QED) is 0.393. The molecule has 0 aliphatic rings. The van der Waals surface area contributed by atoms with Gasteiger partial charge in [-0.15, -0.1) is 0 Å². The number of rotatable bonds is 7. The third-order valence-electron chi connectivity index (χ3n) is 4.49. The van der Waals surface area contributed by atoms with Crippen LogP contribution in [0.1, 0.15) is 21.5 Å². The van der Waals surface area contributed by atoms with Crippen LogP contribution < -0.4 is 10.1 Å². The Morgan fingerprint density at radius 1 is 0.967 bits per heavy atom. The molecule has 6 heteroatoms. The second-order valence-electron chi connectivity index (χ2n) is 6.81. The Balaban J connectivity index is 1.36. The summed E-state index contributed by atoms with van der Waals surface area (Å²) in [7, 11) is 0. The van der Waals surface area contributed by atoms with Gasteiger partial charge >= 0.3 is 0 Å². The highest BCUT2D eigenvalue weighted by molar-refractivity contribution is 9.10. The molecule has 30 heavy (non-hydrogen) atoms. The van der Waals surface area contributed by atoms with E-state index in [4.69, 9.17) is 4.74 Å². The van der Waals surface area contributed by atoms with Crippen LogP contribution in [-0.4, -0.2) is 15.7 Å². The van der Waals surface area contributed by atoms with Gasteiger partial charge in [-0.1, -0.05) is 58.4 Å². The number of benzene rings is 3. The number of aromatic nitrogens is 2. The second kappa shape index (κ2) is 9.41.